The van der Waals surface area contributed by atoms with E-state index in [1.807, 2.05) is 0 Å². The molecule has 3 rings (SSSR count). The maximum atomic E-state index is 12.2. The van der Waals surface area contributed by atoms with Crippen LogP contribution in [0.25, 0.3) is 0 Å². The van der Waals surface area contributed by atoms with Gasteiger partial charge in [0.15, 0.2) is 6.61 Å². The largest absolute Gasteiger partial charge is 0.452 e. The summed E-state index contributed by atoms with van der Waals surface area (Å²) in [5, 5.41) is 3.00. The second-order valence-electron chi connectivity index (χ2n) is 7.71. The number of benzene rings is 1. The van der Waals surface area contributed by atoms with Gasteiger partial charge in [0.2, 0.25) is 5.91 Å². The maximum absolute atomic E-state index is 12.2. The summed E-state index contributed by atoms with van der Waals surface area (Å²) in [6.45, 7) is 4.81. The van der Waals surface area contributed by atoms with E-state index < -0.39 is 5.97 Å². The Morgan fingerprint density at radius 2 is 1.89 bits per heavy atom. The summed E-state index contributed by atoms with van der Waals surface area (Å²) in [4.78, 5) is 37.8. The van der Waals surface area contributed by atoms with Gasteiger partial charge in [-0.15, -0.1) is 0 Å². The fourth-order valence-corrected chi connectivity index (χ4v) is 3.95. The van der Waals surface area contributed by atoms with Gasteiger partial charge in [0, 0.05) is 24.7 Å². The molecule has 146 valence electrons. The van der Waals surface area contributed by atoms with Gasteiger partial charge in [0.05, 0.1) is 5.56 Å². The molecule has 0 bridgehead atoms. The van der Waals surface area contributed by atoms with Gasteiger partial charge in [-0.2, -0.15) is 0 Å². The number of carbonyl (C=O) groups is 3. The number of nitrogens with zero attached hydrogens (tertiary/aromatic N) is 1. The fourth-order valence-electron chi connectivity index (χ4n) is 3.95. The highest BCUT2D eigenvalue weighted by Gasteiger charge is 2.28. The summed E-state index contributed by atoms with van der Waals surface area (Å²) in [6.07, 6.45) is 4.71. The topological polar surface area (TPSA) is 75.7 Å². The Labute approximate surface area is 160 Å². The van der Waals surface area contributed by atoms with Crippen molar-refractivity contribution in [1.29, 1.82) is 0 Å². The van der Waals surface area contributed by atoms with Crippen molar-refractivity contribution in [2.45, 2.75) is 52.0 Å². The summed E-state index contributed by atoms with van der Waals surface area (Å²) in [6, 6.07) is 6.89. The number of ether oxygens (including phenoxy) is 1. The van der Waals surface area contributed by atoms with Crippen LogP contribution in [0.15, 0.2) is 24.3 Å². The lowest BCUT2D eigenvalue weighted by Crippen LogP contribution is -2.45. The number of amides is 2. The zero-order valence-corrected chi connectivity index (χ0v) is 16.1. The molecule has 1 heterocycles. The lowest BCUT2D eigenvalue weighted by atomic mass is 9.78. The molecule has 2 fully saturated rings. The third-order valence-electron chi connectivity index (χ3n) is 5.88. The van der Waals surface area contributed by atoms with E-state index in [4.69, 9.17) is 4.74 Å². The minimum Gasteiger partial charge on any atom is -0.452 e. The molecule has 0 aromatic heterocycles. The van der Waals surface area contributed by atoms with E-state index in [0.717, 1.165) is 24.9 Å². The van der Waals surface area contributed by atoms with Crippen LogP contribution in [0.1, 0.15) is 56.3 Å². The summed E-state index contributed by atoms with van der Waals surface area (Å²) in [7, 11) is 0. The van der Waals surface area contributed by atoms with E-state index in [0.29, 0.717) is 30.4 Å². The van der Waals surface area contributed by atoms with Crippen LogP contribution in [0.3, 0.4) is 0 Å². The monoisotopic (exact) mass is 372 g/mol. The second kappa shape index (κ2) is 8.55. The lowest BCUT2D eigenvalue weighted by molar-refractivity contribution is -0.125. The van der Waals surface area contributed by atoms with Gasteiger partial charge < -0.3 is 15.0 Å². The van der Waals surface area contributed by atoms with Crippen LogP contribution in [0.4, 0.5) is 5.69 Å². The van der Waals surface area contributed by atoms with Crippen molar-refractivity contribution in [1.82, 2.24) is 5.32 Å². The van der Waals surface area contributed by atoms with Crippen LogP contribution in [-0.2, 0) is 14.3 Å². The van der Waals surface area contributed by atoms with Crippen molar-refractivity contribution < 1.29 is 19.1 Å². The van der Waals surface area contributed by atoms with Crippen LogP contribution in [0, 0.1) is 11.8 Å². The molecule has 1 saturated heterocycles. The SMILES string of the molecule is C[C@@H]1[C@@H](C)CCC[C@H]1NC(=O)COC(=O)c1ccc(N2CCCC2=O)cc1. The third kappa shape index (κ3) is 4.67. The van der Waals surface area contributed by atoms with Crippen LogP contribution in [0.2, 0.25) is 0 Å². The Balaban J connectivity index is 1.48. The molecule has 1 aliphatic carbocycles. The summed E-state index contributed by atoms with van der Waals surface area (Å²) in [5.41, 5.74) is 1.16. The van der Waals surface area contributed by atoms with Crippen molar-refractivity contribution in [3.05, 3.63) is 29.8 Å². The Morgan fingerprint density at radius 3 is 2.56 bits per heavy atom. The van der Waals surface area contributed by atoms with Crippen LogP contribution in [0.5, 0.6) is 0 Å². The number of hydrogen-bond donors (Lipinski definition) is 1. The highest BCUT2D eigenvalue weighted by molar-refractivity contribution is 5.96. The van der Waals surface area contributed by atoms with Crippen molar-refractivity contribution in [3.63, 3.8) is 0 Å². The van der Waals surface area contributed by atoms with E-state index in [1.165, 1.54) is 6.42 Å². The summed E-state index contributed by atoms with van der Waals surface area (Å²) >= 11 is 0. The summed E-state index contributed by atoms with van der Waals surface area (Å²) < 4.78 is 5.15. The normalized spacial score (nSPS) is 25.3. The van der Waals surface area contributed by atoms with Gasteiger partial charge in [0.1, 0.15) is 0 Å². The van der Waals surface area contributed by atoms with Gasteiger partial charge in [-0.05, 0) is 48.9 Å². The number of carbonyl (C=O) groups excluding carboxylic acids is 3. The predicted octanol–water partition coefficient (Wildman–Crippen LogP) is 2.91. The molecule has 27 heavy (non-hydrogen) atoms. The van der Waals surface area contributed by atoms with E-state index in [2.05, 4.69) is 19.2 Å². The number of nitrogens with one attached hydrogen (secondary N) is 1. The maximum Gasteiger partial charge on any atom is 0.338 e. The second-order valence-corrected chi connectivity index (χ2v) is 7.71. The van der Waals surface area contributed by atoms with Crippen molar-refractivity contribution >= 4 is 23.5 Å². The lowest BCUT2D eigenvalue weighted by Gasteiger charge is -2.34. The fraction of sp³-hybridized carbons (Fsp3) is 0.571. The zero-order chi connectivity index (χ0) is 19.4. The minimum atomic E-state index is -0.533. The molecular weight excluding hydrogens is 344 g/mol. The molecule has 0 radical (unpaired) electrons. The Bertz CT molecular complexity index is 701. The Kier molecular flexibility index (Phi) is 6.14. The van der Waals surface area contributed by atoms with Crippen LogP contribution < -0.4 is 10.2 Å². The van der Waals surface area contributed by atoms with Gasteiger partial charge in [-0.25, -0.2) is 4.79 Å². The van der Waals surface area contributed by atoms with Crippen molar-refractivity contribution in [2.24, 2.45) is 11.8 Å². The molecule has 1 aromatic carbocycles. The molecule has 6 nitrogen and oxygen atoms in total. The molecule has 0 spiro atoms. The van der Waals surface area contributed by atoms with E-state index in [1.54, 1.807) is 29.2 Å². The third-order valence-corrected chi connectivity index (χ3v) is 5.88. The highest BCUT2D eigenvalue weighted by Crippen LogP contribution is 2.29. The average molecular weight is 372 g/mol. The van der Waals surface area contributed by atoms with Gasteiger partial charge in [-0.1, -0.05) is 26.7 Å². The first kappa shape index (κ1) is 19.4. The number of esters is 1. The van der Waals surface area contributed by atoms with Crippen molar-refractivity contribution in [3.8, 4) is 0 Å². The van der Waals surface area contributed by atoms with E-state index in [9.17, 15) is 14.4 Å². The molecule has 1 aliphatic heterocycles. The number of rotatable bonds is 5. The van der Waals surface area contributed by atoms with Gasteiger partial charge in [-0.3, -0.25) is 9.59 Å². The molecule has 0 unspecified atom stereocenters. The molecular formula is C21H28N2O4. The minimum absolute atomic E-state index is 0.105. The first-order chi connectivity index (χ1) is 13.0. The number of anilines is 1. The van der Waals surface area contributed by atoms with Gasteiger partial charge in [0.25, 0.3) is 5.91 Å². The van der Waals surface area contributed by atoms with Gasteiger partial charge >= 0.3 is 5.97 Å². The van der Waals surface area contributed by atoms with Crippen LogP contribution in [-0.4, -0.2) is 37.0 Å². The standard InChI is InChI=1S/C21H28N2O4/c1-14-5-3-6-18(15(14)2)22-19(24)13-27-21(26)16-8-10-17(11-9-16)23-12-4-7-20(23)25/h8-11,14-15,18H,3-7,12-13H2,1-2H3,(H,22,24)/t14-,15+,18+/m0/s1. The summed E-state index contributed by atoms with van der Waals surface area (Å²) in [5.74, 6) is 0.336. The number of hydrogen-bond acceptors (Lipinski definition) is 4. The van der Waals surface area contributed by atoms with Crippen LogP contribution >= 0.6 is 0 Å². The molecule has 2 aliphatic rings. The van der Waals surface area contributed by atoms with E-state index >= 15 is 0 Å². The first-order valence-electron chi connectivity index (χ1n) is 9.82. The molecule has 3 atom stereocenters. The molecule has 1 aromatic rings. The Morgan fingerprint density at radius 1 is 1.15 bits per heavy atom. The molecule has 2 amide bonds. The van der Waals surface area contributed by atoms with E-state index in [-0.39, 0.29) is 24.5 Å². The molecule has 1 N–H and O–H groups in total. The molecule has 1 saturated carbocycles. The highest BCUT2D eigenvalue weighted by atomic mass is 16.5. The van der Waals surface area contributed by atoms with Crippen molar-refractivity contribution in [2.75, 3.05) is 18.1 Å². The zero-order valence-electron chi connectivity index (χ0n) is 16.1. The molecule has 6 heteroatoms. The smallest absolute Gasteiger partial charge is 0.338 e. The first-order valence-corrected chi connectivity index (χ1v) is 9.82. The quantitative estimate of drug-likeness (QED) is 0.807. The predicted molar refractivity (Wildman–Crippen MR) is 102 cm³/mol. The Hall–Kier alpha value is -2.37. The average Bonchev–Trinajstić information content (AvgIpc) is 3.09.